The molecule has 0 fully saturated rings. The van der Waals surface area contributed by atoms with Gasteiger partial charge in [-0.05, 0) is 34.1 Å². The Morgan fingerprint density at radius 2 is 2.29 bits per heavy atom. The standard InChI is InChI=1S/C10H12BrN3/c1-14(5-4-12)9-3-2-8(7-13)10(11)6-9/h2-3,6H,4-5,12H2,1H3. The lowest BCUT2D eigenvalue weighted by atomic mass is 10.2. The number of hydrogen-bond acceptors (Lipinski definition) is 3. The fraction of sp³-hybridized carbons (Fsp3) is 0.300. The highest BCUT2D eigenvalue weighted by molar-refractivity contribution is 9.10. The molecule has 0 saturated carbocycles. The minimum Gasteiger partial charge on any atom is -0.373 e. The third-order valence-electron chi connectivity index (χ3n) is 1.98. The van der Waals surface area contributed by atoms with Crippen molar-refractivity contribution in [1.29, 1.82) is 5.26 Å². The average molecular weight is 254 g/mol. The van der Waals surface area contributed by atoms with E-state index >= 15 is 0 Å². The van der Waals surface area contributed by atoms with E-state index in [-0.39, 0.29) is 0 Å². The largest absolute Gasteiger partial charge is 0.373 e. The van der Waals surface area contributed by atoms with Gasteiger partial charge < -0.3 is 10.6 Å². The van der Waals surface area contributed by atoms with E-state index in [4.69, 9.17) is 11.0 Å². The topological polar surface area (TPSA) is 53.0 Å². The Hall–Kier alpha value is -1.05. The lowest BCUT2D eigenvalue weighted by Crippen LogP contribution is -2.24. The number of nitriles is 1. The molecule has 1 aromatic rings. The highest BCUT2D eigenvalue weighted by Crippen LogP contribution is 2.22. The Bertz CT molecular complexity index is 357. The number of likely N-dealkylation sites (N-methyl/N-ethyl adjacent to an activating group) is 1. The molecule has 0 aliphatic carbocycles. The van der Waals surface area contributed by atoms with E-state index < -0.39 is 0 Å². The van der Waals surface area contributed by atoms with Crippen LogP contribution in [0.15, 0.2) is 22.7 Å². The van der Waals surface area contributed by atoms with Crippen molar-refractivity contribution < 1.29 is 0 Å². The molecule has 1 rings (SSSR count). The molecular formula is C10H12BrN3. The smallest absolute Gasteiger partial charge is 0.100 e. The number of benzene rings is 1. The van der Waals surface area contributed by atoms with Gasteiger partial charge in [0.15, 0.2) is 0 Å². The highest BCUT2D eigenvalue weighted by Gasteiger charge is 2.03. The summed E-state index contributed by atoms with van der Waals surface area (Å²) in [5.74, 6) is 0. The van der Waals surface area contributed by atoms with E-state index in [9.17, 15) is 0 Å². The molecule has 0 atom stereocenters. The first kappa shape index (κ1) is 11.0. The maximum Gasteiger partial charge on any atom is 0.100 e. The van der Waals surface area contributed by atoms with Crippen molar-refractivity contribution in [3.63, 3.8) is 0 Å². The molecule has 74 valence electrons. The molecule has 2 N–H and O–H groups in total. The van der Waals surface area contributed by atoms with Gasteiger partial charge in [-0.3, -0.25) is 0 Å². The van der Waals surface area contributed by atoms with Crippen molar-refractivity contribution in [2.24, 2.45) is 5.73 Å². The monoisotopic (exact) mass is 253 g/mol. The summed E-state index contributed by atoms with van der Waals surface area (Å²) < 4.78 is 0.821. The van der Waals surface area contributed by atoms with Gasteiger partial charge in [-0.1, -0.05) is 0 Å². The number of halogens is 1. The summed E-state index contributed by atoms with van der Waals surface area (Å²) in [6.45, 7) is 1.42. The second-order valence-corrected chi connectivity index (χ2v) is 3.84. The van der Waals surface area contributed by atoms with Crippen LogP contribution in [0.3, 0.4) is 0 Å². The zero-order valence-electron chi connectivity index (χ0n) is 8.00. The summed E-state index contributed by atoms with van der Waals surface area (Å²) in [7, 11) is 1.97. The first-order valence-electron chi connectivity index (χ1n) is 4.30. The van der Waals surface area contributed by atoms with E-state index in [2.05, 4.69) is 22.0 Å². The zero-order chi connectivity index (χ0) is 10.6. The summed E-state index contributed by atoms with van der Waals surface area (Å²) in [5, 5.41) is 8.74. The van der Waals surface area contributed by atoms with Crippen LogP contribution in [0.1, 0.15) is 5.56 Å². The van der Waals surface area contributed by atoms with Gasteiger partial charge >= 0.3 is 0 Å². The van der Waals surface area contributed by atoms with Gasteiger partial charge in [0.1, 0.15) is 6.07 Å². The molecule has 0 saturated heterocycles. The molecule has 0 unspecified atom stereocenters. The van der Waals surface area contributed by atoms with Crippen molar-refractivity contribution in [3.8, 4) is 6.07 Å². The van der Waals surface area contributed by atoms with Crippen LogP contribution in [0.2, 0.25) is 0 Å². The van der Waals surface area contributed by atoms with Gasteiger partial charge in [-0.15, -0.1) is 0 Å². The third kappa shape index (κ3) is 2.47. The predicted octanol–water partition coefficient (Wildman–Crippen LogP) is 1.72. The van der Waals surface area contributed by atoms with Crippen LogP contribution in [-0.2, 0) is 0 Å². The van der Waals surface area contributed by atoms with Crippen LogP contribution in [0.4, 0.5) is 5.69 Å². The van der Waals surface area contributed by atoms with Crippen LogP contribution in [0, 0.1) is 11.3 Å². The summed E-state index contributed by atoms with van der Waals surface area (Å²) in [6, 6.07) is 7.74. The van der Waals surface area contributed by atoms with E-state index in [0.29, 0.717) is 12.1 Å². The van der Waals surface area contributed by atoms with Crippen LogP contribution in [-0.4, -0.2) is 20.1 Å². The first-order valence-corrected chi connectivity index (χ1v) is 5.09. The molecular weight excluding hydrogens is 242 g/mol. The van der Waals surface area contributed by atoms with Crippen LogP contribution < -0.4 is 10.6 Å². The molecule has 0 heterocycles. The van der Waals surface area contributed by atoms with Crippen molar-refractivity contribution >= 4 is 21.6 Å². The van der Waals surface area contributed by atoms with Gasteiger partial charge in [0.05, 0.1) is 5.56 Å². The SMILES string of the molecule is CN(CCN)c1ccc(C#N)c(Br)c1. The predicted molar refractivity (Wildman–Crippen MR) is 61.2 cm³/mol. The molecule has 3 nitrogen and oxygen atoms in total. The minimum absolute atomic E-state index is 0.619. The van der Waals surface area contributed by atoms with Gasteiger partial charge in [0.2, 0.25) is 0 Å². The number of nitrogens with zero attached hydrogens (tertiary/aromatic N) is 2. The summed E-state index contributed by atoms with van der Waals surface area (Å²) in [5.41, 5.74) is 7.16. The molecule has 0 aromatic heterocycles. The van der Waals surface area contributed by atoms with Crippen LogP contribution in [0.5, 0.6) is 0 Å². The summed E-state index contributed by atoms with van der Waals surface area (Å²) in [6.07, 6.45) is 0. The average Bonchev–Trinajstić information content (AvgIpc) is 2.18. The van der Waals surface area contributed by atoms with Gasteiger partial charge in [-0.25, -0.2) is 0 Å². The zero-order valence-corrected chi connectivity index (χ0v) is 9.58. The second kappa shape index (κ2) is 4.99. The normalized spacial score (nSPS) is 9.57. The lowest BCUT2D eigenvalue weighted by molar-refractivity contribution is 0.885. The Balaban J connectivity index is 2.92. The fourth-order valence-electron chi connectivity index (χ4n) is 1.15. The molecule has 1 aromatic carbocycles. The first-order chi connectivity index (χ1) is 6.69. The van der Waals surface area contributed by atoms with E-state index in [1.54, 1.807) is 6.07 Å². The third-order valence-corrected chi connectivity index (χ3v) is 2.63. The number of rotatable bonds is 3. The highest BCUT2D eigenvalue weighted by atomic mass is 79.9. The quantitative estimate of drug-likeness (QED) is 0.893. The number of anilines is 1. The summed E-state index contributed by atoms with van der Waals surface area (Å²) >= 11 is 3.35. The molecule has 0 aliphatic heterocycles. The lowest BCUT2D eigenvalue weighted by Gasteiger charge is -2.18. The molecule has 14 heavy (non-hydrogen) atoms. The van der Waals surface area contributed by atoms with Crippen molar-refractivity contribution in [2.45, 2.75) is 0 Å². The van der Waals surface area contributed by atoms with Crippen LogP contribution in [0.25, 0.3) is 0 Å². The minimum atomic E-state index is 0.619. The molecule has 0 amide bonds. The Labute approximate surface area is 92.3 Å². The van der Waals surface area contributed by atoms with E-state index in [1.807, 2.05) is 24.1 Å². The van der Waals surface area contributed by atoms with Crippen molar-refractivity contribution in [1.82, 2.24) is 0 Å². The summed E-state index contributed by atoms with van der Waals surface area (Å²) in [4.78, 5) is 2.05. The molecule has 0 aliphatic rings. The van der Waals surface area contributed by atoms with E-state index in [1.165, 1.54) is 0 Å². The van der Waals surface area contributed by atoms with E-state index in [0.717, 1.165) is 16.7 Å². The van der Waals surface area contributed by atoms with Gasteiger partial charge in [0.25, 0.3) is 0 Å². The molecule has 0 spiro atoms. The molecule has 0 radical (unpaired) electrons. The van der Waals surface area contributed by atoms with Gasteiger partial charge in [0, 0.05) is 30.3 Å². The number of nitrogens with two attached hydrogens (primary N) is 1. The Morgan fingerprint density at radius 1 is 1.57 bits per heavy atom. The number of hydrogen-bond donors (Lipinski definition) is 1. The van der Waals surface area contributed by atoms with Gasteiger partial charge in [-0.2, -0.15) is 5.26 Å². The Morgan fingerprint density at radius 3 is 2.79 bits per heavy atom. The molecule has 4 heteroatoms. The Kier molecular flexibility index (Phi) is 3.93. The van der Waals surface area contributed by atoms with Crippen molar-refractivity contribution in [2.75, 3.05) is 25.0 Å². The second-order valence-electron chi connectivity index (χ2n) is 2.99. The van der Waals surface area contributed by atoms with Crippen molar-refractivity contribution in [3.05, 3.63) is 28.2 Å². The fourth-order valence-corrected chi connectivity index (χ4v) is 1.61. The van der Waals surface area contributed by atoms with Crippen LogP contribution >= 0.6 is 15.9 Å². The molecule has 0 bridgehead atoms. The maximum atomic E-state index is 8.74. The maximum absolute atomic E-state index is 8.74.